The lowest BCUT2D eigenvalue weighted by Gasteiger charge is -2.27. The minimum absolute atomic E-state index is 0.154. The van der Waals surface area contributed by atoms with Crippen molar-refractivity contribution in [3.8, 4) is 0 Å². The Balaban J connectivity index is 1.87. The first-order valence-electron chi connectivity index (χ1n) is 5.94. The van der Waals surface area contributed by atoms with E-state index >= 15 is 0 Å². The Bertz CT molecular complexity index is 402. The summed E-state index contributed by atoms with van der Waals surface area (Å²) in [6, 6.07) is 9.64. The Morgan fingerprint density at radius 1 is 1.29 bits per heavy atom. The molecule has 2 N–H and O–H groups in total. The van der Waals surface area contributed by atoms with Crippen molar-refractivity contribution in [2.75, 3.05) is 6.54 Å². The van der Waals surface area contributed by atoms with Crippen LogP contribution in [0.3, 0.4) is 0 Å². The van der Waals surface area contributed by atoms with Gasteiger partial charge in [-0.2, -0.15) is 0 Å². The number of carbonyl (C=O) groups is 1. The summed E-state index contributed by atoms with van der Waals surface area (Å²) < 4.78 is 0. The zero-order valence-electron chi connectivity index (χ0n) is 9.78. The molecule has 1 heterocycles. The van der Waals surface area contributed by atoms with Crippen molar-refractivity contribution in [1.29, 1.82) is 5.41 Å². The SMILES string of the molecule is N=C1CCCCN1C(=O)NCc1ccccc1. The molecule has 0 radical (unpaired) electrons. The number of piperidine rings is 1. The number of nitrogens with one attached hydrogen (secondary N) is 2. The molecule has 17 heavy (non-hydrogen) atoms. The Hall–Kier alpha value is -1.84. The van der Waals surface area contributed by atoms with Crippen LogP contribution in [0.1, 0.15) is 24.8 Å². The predicted molar refractivity (Wildman–Crippen MR) is 67.0 cm³/mol. The van der Waals surface area contributed by atoms with Crippen LogP contribution in [0, 0.1) is 5.41 Å². The number of carbonyl (C=O) groups excluding carboxylic acids is 1. The number of likely N-dealkylation sites (tertiary alicyclic amines) is 1. The van der Waals surface area contributed by atoms with E-state index in [2.05, 4.69) is 5.32 Å². The molecule has 90 valence electrons. The van der Waals surface area contributed by atoms with Gasteiger partial charge < -0.3 is 5.32 Å². The Morgan fingerprint density at radius 2 is 2.06 bits per heavy atom. The van der Waals surface area contributed by atoms with Gasteiger partial charge in [-0.05, 0) is 18.4 Å². The first-order chi connectivity index (χ1) is 8.27. The van der Waals surface area contributed by atoms with E-state index in [0.717, 1.165) is 18.4 Å². The van der Waals surface area contributed by atoms with Crippen LogP contribution in [0.2, 0.25) is 0 Å². The summed E-state index contributed by atoms with van der Waals surface area (Å²) in [6.07, 6.45) is 2.71. The highest BCUT2D eigenvalue weighted by atomic mass is 16.2. The molecule has 2 rings (SSSR count). The van der Waals surface area contributed by atoms with Gasteiger partial charge in [0.2, 0.25) is 0 Å². The summed E-state index contributed by atoms with van der Waals surface area (Å²) in [4.78, 5) is 13.4. The van der Waals surface area contributed by atoms with Crippen molar-refractivity contribution in [3.05, 3.63) is 35.9 Å². The minimum Gasteiger partial charge on any atom is -0.334 e. The van der Waals surface area contributed by atoms with Gasteiger partial charge in [0.1, 0.15) is 5.84 Å². The quantitative estimate of drug-likeness (QED) is 0.806. The lowest BCUT2D eigenvalue weighted by atomic mass is 10.1. The van der Waals surface area contributed by atoms with Crippen molar-refractivity contribution < 1.29 is 4.79 Å². The van der Waals surface area contributed by atoms with Crippen molar-refractivity contribution in [2.45, 2.75) is 25.8 Å². The predicted octanol–water partition coefficient (Wildman–Crippen LogP) is 2.36. The third-order valence-electron chi connectivity index (χ3n) is 2.90. The molecule has 0 aliphatic carbocycles. The van der Waals surface area contributed by atoms with Crippen molar-refractivity contribution in [3.63, 3.8) is 0 Å². The average molecular weight is 231 g/mol. The van der Waals surface area contributed by atoms with Gasteiger partial charge in [-0.1, -0.05) is 30.3 Å². The van der Waals surface area contributed by atoms with Gasteiger partial charge in [0.25, 0.3) is 0 Å². The van der Waals surface area contributed by atoms with Gasteiger partial charge in [-0.25, -0.2) is 4.79 Å². The largest absolute Gasteiger partial charge is 0.334 e. The molecule has 2 amide bonds. The molecule has 1 fully saturated rings. The third-order valence-corrected chi connectivity index (χ3v) is 2.90. The van der Waals surface area contributed by atoms with Crippen molar-refractivity contribution >= 4 is 11.9 Å². The molecule has 0 bridgehead atoms. The first kappa shape index (κ1) is 11.6. The van der Waals surface area contributed by atoms with E-state index in [1.54, 1.807) is 0 Å². The molecule has 0 aromatic heterocycles. The minimum atomic E-state index is -0.154. The molecule has 0 atom stereocenters. The van der Waals surface area contributed by atoms with Gasteiger partial charge in [0.05, 0.1) is 0 Å². The summed E-state index contributed by atoms with van der Waals surface area (Å²) in [5.41, 5.74) is 1.07. The molecule has 4 heteroatoms. The molecule has 1 aromatic carbocycles. The molecular formula is C13H17N3O. The number of rotatable bonds is 2. The normalized spacial score (nSPS) is 15.8. The topological polar surface area (TPSA) is 56.2 Å². The molecule has 1 aliphatic rings. The fourth-order valence-corrected chi connectivity index (χ4v) is 1.93. The molecule has 1 aliphatic heterocycles. The van der Waals surface area contributed by atoms with Gasteiger partial charge in [-0.15, -0.1) is 0 Å². The first-order valence-corrected chi connectivity index (χ1v) is 5.94. The Morgan fingerprint density at radius 3 is 2.76 bits per heavy atom. The van der Waals surface area contributed by atoms with E-state index in [1.165, 1.54) is 4.90 Å². The van der Waals surface area contributed by atoms with E-state index in [1.807, 2.05) is 30.3 Å². The highest BCUT2D eigenvalue weighted by Crippen LogP contribution is 2.10. The number of urea groups is 1. The second-order valence-corrected chi connectivity index (χ2v) is 4.20. The number of amides is 2. The van der Waals surface area contributed by atoms with Crippen LogP contribution in [-0.4, -0.2) is 23.3 Å². The smallest absolute Gasteiger partial charge is 0.323 e. The Labute approximate surface area is 101 Å². The fourth-order valence-electron chi connectivity index (χ4n) is 1.93. The van der Waals surface area contributed by atoms with Crippen LogP contribution < -0.4 is 5.32 Å². The van der Waals surface area contributed by atoms with Crippen LogP contribution >= 0.6 is 0 Å². The standard InChI is InChI=1S/C13H17N3O/c14-12-8-4-5-9-16(12)13(17)15-10-11-6-2-1-3-7-11/h1-3,6-7,14H,4-5,8-10H2,(H,15,17). The second kappa shape index (κ2) is 5.48. The number of benzene rings is 1. The lowest BCUT2D eigenvalue weighted by Crippen LogP contribution is -2.45. The average Bonchev–Trinajstić information content (AvgIpc) is 2.38. The maximum absolute atomic E-state index is 11.9. The van der Waals surface area contributed by atoms with Gasteiger partial charge in [0, 0.05) is 19.5 Å². The number of amidine groups is 1. The second-order valence-electron chi connectivity index (χ2n) is 4.20. The van der Waals surface area contributed by atoms with Crippen LogP contribution in [0.5, 0.6) is 0 Å². The monoisotopic (exact) mass is 231 g/mol. The summed E-state index contributed by atoms with van der Waals surface area (Å²) in [5.74, 6) is 0.432. The van der Waals surface area contributed by atoms with Crippen molar-refractivity contribution in [2.24, 2.45) is 0 Å². The molecular weight excluding hydrogens is 214 g/mol. The molecule has 1 saturated heterocycles. The van der Waals surface area contributed by atoms with E-state index in [0.29, 0.717) is 25.3 Å². The summed E-state index contributed by atoms with van der Waals surface area (Å²) >= 11 is 0. The molecule has 0 unspecified atom stereocenters. The van der Waals surface area contributed by atoms with Crippen LogP contribution in [0.25, 0.3) is 0 Å². The summed E-state index contributed by atoms with van der Waals surface area (Å²) in [7, 11) is 0. The maximum Gasteiger partial charge on any atom is 0.323 e. The van der Waals surface area contributed by atoms with Gasteiger partial charge in [0.15, 0.2) is 0 Å². The molecule has 0 spiro atoms. The summed E-state index contributed by atoms with van der Waals surface area (Å²) in [6.45, 7) is 1.18. The maximum atomic E-state index is 11.9. The van der Waals surface area contributed by atoms with Crippen molar-refractivity contribution in [1.82, 2.24) is 10.2 Å². The molecule has 1 aromatic rings. The molecule has 4 nitrogen and oxygen atoms in total. The van der Waals surface area contributed by atoms with E-state index in [9.17, 15) is 4.79 Å². The van der Waals surface area contributed by atoms with E-state index in [-0.39, 0.29) is 6.03 Å². The summed E-state index contributed by atoms with van der Waals surface area (Å²) in [5, 5.41) is 10.6. The highest BCUT2D eigenvalue weighted by molar-refractivity contribution is 5.96. The van der Waals surface area contributed by atoms with Crippen LogP contribution in [0.15, 0.2) is 30.3 Å². The molecule has 0 saturated carbocycles. The number of hydrogen-bond donors (Lipinski definition) is 2. The number of hydrogen-bond acceptors (Lipinski definition) is 2. The van der Waals surface area contributed by atoms with E-state index in [4.69, 9.17) is 5.41 Å². The zero-order chi connectivity index (χ0) is 12.1. The Kier molecular flexibility index (Phi) is 3.75. The highest BCUT2D eigenvalue weighted by Gasteiger charge is 2.20. The van der Waals surface area contributed by atoms with E-state index < -0.39 is 0 Å². The van der Waals surface area contributed by atoms with Gasteiger partial charge in [-0.3, -0.25) is 10.3 Å². The van der Waals surface area contributed by atoms with Gasteiger partial charge >= 0.3 is 6.03 Å². The number of nitrogens with zero attached hydrogens (tertiary/aromatic N) is 1. The fraction of sp³-hybridized carbons (Fsp3) is 0.385. The van der Waals surface area contributed by atoms with Crippen LogP contribution in [0.4, 0.5) is 4.79 Å². The lowest BCUT2D eigenvalue weighted by molar-refractivity contribution is 0.216. The van der Waals surface area contributed by atoms with Crippen LogP contribution in [-0.2, 0) is 6.54 Å². The zero-order valence-corrected chi connectivity index (χ0v) is 9.78. The third kappa shape index (κ3) is 3.06.